The predicted octanol–water partition coefficient (Wildman–Crippen LogP) is 1.02. The average molecular weight is 204 g/mol. The summed E-state index contributed by atoms with van der Waals surface area (Å²) in [5.74, 6) is 1.51. The lowest BCUT2D eigenvalue weighted by molar-refractivity contribution is 0.174. The molecule has 0 radical (unpaired) electrons. The topological polar surface area (TPSA) is 52.8 Å². The van der Waals surface area contributed by atoms with E-state index in [1.54, 1.807) is 24.2 Å². The van der Waals surface area contributed by atoms with Gasteiger partial charge in [0.15, 0.2) is 11.6 Å². The number of pyridine rings is 1. The molecule has 0 saturated carbocycles. The SMILES string of the molecule is COCc1nc(-c2ccncc2)nn1C. The van der Waals surface area contributed by atoms with Crippen molar-refractivity contribution in [3.05, 3.63) is 30.4 Å². The summed E-state index contributed by atoms with van der Waals surface area (Å²) in [7, 11) is 3.49. The molecule has 2 aromatic heterocycles. The van der Waals surface area contributed by atoms with Crippen LogP contribution in [0, 0.1) is 0 Å². The van der Waals surface area contributed by atoms with Crippen LogP contribution in [0.15, 0.2) is 24.5 Å². The fourth-order valence-corrected chi connectivity index (χ4v) is 1.29. The van der Waals surface area contributed by atoms with Gasteiger partial charge in [0, 0.05) is 32.1 Å². The first kappa shape index (κ1) is 9.79. The molecule has 2 heterocycles. The molecule has 5 nitrogen and oxygen atoms in total. The second-order valence-corrected chi connectivity index (χ2v) is 3.14. The summed E-state index contributed by atoms with van der Waals surface area (Å²) in [6.07, 6.45) is 3.45. The van der Waals surface area contributed by atoms with Crippen LogP contribution in [0.4, 0.5) is 0 Å². The largest absolute Gasteiger partial charge is 0.377 e. The molecule has 78 valence electrons. The third kappa shape index (κ3) is 2.02. The first-order valence-corrected chi connectivity index (χ1v) is 4.60. The normalized spacial score (nSPS) is 10.5. The standard InChI is InChI=1S/C10H12N4O/c1-14-9(7-15-2)12-10(13-14)8-3-5-11-6-4-8/h3-6H,7H2,1-2H3. The Bertz CT molecular complexity index is 438. The molecule has 2 rings (SSSR count). The molecule has 0 aromatic carbocycles. The molecule has 0 saturated heterocycles. The minimum Gasteiger partial charge on any atom is -0.377 e. The van der Waals surface area contributed by atoms with Crippen LogP contribution in [0.5, 0.6) is 0 Å². The second kappa shape index (κ2) is 4.18. The maximum absolute atomic E-state index is 5.02. The summed E-state index contributed by atoms with van der Waals surface area (Å²) in [5.41, 5.74) is 0.961. The van der Waals surface area contributed by atoms with Crippen LogP contribution in [0.25, 0.3) is 11.4 Å². The lowest BCUT2D eigenvalue weighted by Gasteiger charge is -1.94. The van der Waals surface area contributed by atoms with Gasteiger partial charge in [-0.15, -0.1) is 0 Å². The van der Waals surface area contributed by atoms with Gasteiger partial charge in [-0.1, -0.05) is 0 Å². The summed E-state index contributed by atoms with van der Waals surface area (Å²) in [4.78, 5) is 8.32. The molecule has 5 heteroatoms. The van der Waals surface area contributed by atoms with Crippen molar-refractivity contribution in [3.8, 4) is 11.4 Å². The number of methoxy groups -OCH3 is 1. The molecular formula is C10H12N4O. The molecule has 0 bridgehead atoms. The summed E-state index contributed by atoms with van der Waals surface area (Å²) < 4.78 is 6.74. The Morgan fingerprint density at radius 1 is 1.33 bits per heavy atom. The molecule has 0 aliphatic carbocycles. The van der Waals surface area contributed by atoms with E-state index < -0.39 is 0 Å². The molecule has 0 atom stereocenters. The molecule has 0 aliphatic rings. The quantitative estimate of drug-likeness (QED) is 0.749. The van der Waals surface area contributed by atoms with E-state index in [4.69, 9.17) is 4.74 Å². The number of aromatic nitrogens is 4. The van der Waals surface area contributed by atoms with E-state index in [0.717, 1.165) is 11.4 Å². The van der Waals surface area contributed by atoms with Gasteiger partial charge in [0.05, 0.1) is 0 Å². The maximum Gasteiger partial charge on any atom is 0.181 e. The Hall–Kier alpha value is -1.75. The third-order valence-corrected chi connectivity index (χ3v) is 2.07. The molecule has 0 fully saturated rings. The van der Waals surface area contributed by atoms with Crippen LogP contribution in [0.1, 0.15) is 5.82 Å². The van der Waals surface area contributed by atoms with Gasteiger partial charge in [0.2, 0.25) is 0 Å². The van der Waals surface area contributed by atoms with Crippen molar-refractivity contribution in [2.24, 2.45) is 7.05 Å². The predicted molar refractivity (Wildman–Crippen MR) is 54.9 cm³/mol. The van der Waals surface area contributed by atoms with Gasteiger partial charge in [-0.25, -0.2) is 4.98 Å². The van der Waals surface area contributed by atoms with E-state index in [-0.39, 0.29) is 0 Å². The van der Waals surface area contributed by atoms with E-state index in [9.17, 15) is 0 Å². The van der Waals surface area contributed by atoms with Crippen LogP contribution >= 0.6 is 0 Å². The fourth-order valence-electron chi connectivity index (χ4n) is 1.29. The van der Waals surface area contributed by atoms with Crippen molar-refractivity contribution < 1.29 is 4.74 Å². The van der Waals surface area contributed by atoms with Gasteiger partial charge in [-0.3, -0.25) is 9.67 Å². The minimum absolute atomic E-state index is 0.467. The van der Waals surface area contributed by atoms with E-state index in [0.29, 0.717) is 12.4 Å². The summed E-state index contributed by atoms with van der Waals surface area (Å²) in [6.45, 7) is 0.467. The molecule has 15 heavy (non-hydrogen) atoms. The average Bonchev–Trinajstić information content (AvgIpc) is 2.63. The van der Waals surface area contributed by atoms with Crippen molar-refractivity contribution in [1.82, 2.24) is 19.7 Å². The summed E-state index contributed by atoms with van der Waals surface area (Å²) in [5, 5.41) is 4.30. The smallest absolute Gasteiger partial charge is 0.181 e. The van der Waals surface area contributed by atoms with Gasteiger partial charge >= 0.3 is 0 Å². The highest BCUT2D eigenvalue weighted by atomic mass is 16.5. The van der Waals surface area contributed by atoms with Gasteiger partial charge in [0.25, 0.3) is 0 Å². The van der Waals surface area contributed by atoms with Crippen molar-refractivity contribution in [2.45, 2.75) is 6.61 Å². The minimum atomic E-state index is 0.467. The Labute approximate surface area is 87.7 Å². The first-order chi connectivity index (χ1) is 7.31. The Balaban J connectivity index is 2.34. The molecule has 0 aliphatic heterocycles. The fraction of sp³-hybridized carbons (Fsp3) is 0.300. The van der Waals surface area contributed by atoms with Crippen LogP contribution in [0.2, 0.25) is 0 Å². The molecule has 0 amide bonds. The number of aryl methyl sites for hydroxylation is 1. The van der Waals surface area contributed by atoms with E-state index in [2.05, 4.69) is 15.1 Å². The highest BCUT2D eigenvalue weighted by Crippen LogP contribution is 2.13. The highest BCUT2D eigenvalue weighted by Gasteiger charge is 2.07. The van der Waals surface area contributed by atoms with Crippen LogP contribution < -0.4 is 0 Å². The van der Waals surface area contributed by atoms with Gasteiger partial charge in [-0.2, -0.15) is 5.10 Å². The number of ether oxygens (including phenoxy) is 1. The van der Waals surface area contributed by atoms with Crippen LogP contribution in [0.3, 0.4) is 0 Å². The molecular weight excluding hydrogens is 192 g/mol. The van der Waals surface area contributed by atoms with E-state index >= 15 is 0 Å². The zero-order valence-electron chi connectivity index (χ0n) is 8.71. The lowest BCUT2D eigenvalue weighted by atomic mass is 10.2. The number of nitrogens with zero attached hydrogens (tertiary/aromatic N) is 4. The third-order valence-electron chi connectivity index (χ3n) is 2.07. The van der Waals surface area contributed by atoms with Gasteiger partial charge in [0.1, 0.15) is 6.61 Å². The zero-order chi connectivity index (χ0) is 10.7. The van der Waals surface area contributed by atoms with Gasteiger partial charge < -0.3 is 4.74 Å². The Kier molecular flexibility index (Phi) is 2.73. The Morgan fingerprint density at radius 2 is 2.07 bits per heavy atom. The van der Waals surface area contributed by atoms with Crippen molar-refractivity contribution >= 4 is 0 Å². The summed E-state index contributed by atoms with van der Waals surface area (Å²) >= 11 is 0. The number of hydrogen-bond acceptors (Lipinski definition) is 4. The maximum atomic E-state index is 5.02. The van der Waals surface area contributed by atoms with E-state index in [1.807, 2.05) is 19.2 Å². The number of rotatable bonds is 3. The molecule has 0 N–H and O–H groups in total. The van der Waals surface area contributed by atoms with Gasteiger partial charge in [-0.05, 0) is 12.1 Å². The lowest BCUT2D eigenvalue weighted by Crippen LogP contribution is -2.00. The second-order valence-electron chi connectivity index (χ2n) is 3.14. The zero-order valence-corrected chi connectivity index (χ0v) is 8.71. The Morgan fingerprint density at radius 3 is 2.73 bits per heavy atom. The highest BCUT2D eigenvalue weighted by molar-refractivity contribution is 5.52. The first-order valence-electron chi connectivity index (χ1n) is 4.60. The van der Waals surface area contributed by atoms with Crippen molar-refractivity contribution in [1.29, 1.82) is 0 Å². The van der Waals surface area contributed by atoms with Crippen molar-refractivity contribution in [2.75, 3.05) is 7.11 Å². The van der Waals surface area contributed by atoms with Crippen molar-refractivity contribution in [3.63, 3.8) is 0 Å². The monoisotopic (exact) mass is 204 g/mol. The van der Waals surface area contributed by atoms with Crippen LogP contribution in [-0.4, -0.2) is 26.9 Å². The van der Waals surface area contributed by atoms with Crippen LogP contribution in [-0.2, 0) is 18.4 Å². The molecule has 2 aromatic rings. The summed E-state index contributed by atoms with van der Waals surface area (Å²) in [6, 6.07) is 3.76. The molecule has 0 spiro atoms. The number of hydrogen-bond donors (Lipinski definition) is 0. The molecule has 0 unspecified atom stereocenters. The van der Waals surface area contributed by atoms with E-state index in [1.165, 1.54) is 0 Å².